The van der Waals surface area contributed by atoms with E-state index >= 15 is 0 Å². The minimum atomic E-state index is -0.166. The predicted molar refractivity (Wildman–Crippen MR) is 83.4 cm³/mol. The normalized spacial score (nSPS) is 12.4. The molecular formula is C18H22FN. The Morgan fingerprint density at radius 3 is 2.45 bits per heavy atom. The monoisotopic (exact) mass is 271 g/mol. The second-order valence-corrected chi connectivity index (χ2v) is 5.32. The Hall–Kier alpha value is -1.67. The molecule has 2 aromatic carbocycles. The molecule has 20 heavy (non-hydrogen) atoms. The van der Waals surface area contributed by atoms with E-state index < -0.39 is 0 Å². The van der Waals surface area contributed by atoms with E-state index in [9.17, 15) is 4.39 Å². The van der Waals surface area contributed by atoms with Crippen molar-refractivity contribution in [2.45, 2.75) is 33.7 Å². The molecule has 0 spiro atoms. The fourth-order valence-electron chi connectivity index (χ4n) is 2.37. The van der Waals surface area contributed by atoms with Crippen molar-refractivity contribution in [1.82, 2.24) is 5.32 Å². The maximum atomic E-state index is 14.1. The summed E-state index contributed by atoms with van der Waals surface area (Å²) in [7, 11) is 0. The van der Waals surface area contributed by atoms with E-state index in [4.69, 9.17) is 0 Å². The number of hydrogen-bond donors (Lipinski definition) is 1. The fraction of sp³-hybridized carbons (Fsp3) is 0.333. The molecule has 1 N–H and O–H groups in total. The highest BCUT2D eigenvalue weighted by molar-refractivity contribution is 5.66. The summed E-state index contributed by atoms with van der Waals surface area (Å²) in [5.74, 6) is -0.166. The summed E-state index contributed by atoms with van der Waals surface area (Å²) < 4.78 is 14.1. The Labute approximate surface area is 120 Å². The maximum Gasteiger partial charge on any atom is 0.131 e. The van der Waals surface area contributed by atoms with E-state index in [1.54, 1.807) is 6.07 Å². The van der Waals surface area contributed by atoms with E-state index in [-0.39, 0.29) is 11.9 Å². The summed E-state index contributed by atoms with van der Waals surface area (Å²) >= 11 is 0. The topological polar surface area (TPSA) is 12.0 Å². The molecule has 0 fully saturated rings. The average molecular weight is 271 g/mol. The van der Waals surface area contributed by atoms with Gasteiger partial charge in [0.05, 0.1) is 0 Å². The average Bonchev–Trinajstić information content (AvgIpc) is 2.43. The van der Waals surface area contributed by atoms with Gasteiger partial charge in [-0.05, 0) is 61.7 Å². The minimum absolute atomic E-state index is 0.166. The van der Waals surface area contributed by atoms with Crippen molar-refractivity contribution in [3.05, 3.63) is 58.9 Å². The van der Waals surface area contributed by atoms with E-state index in [0.717, 1.165) is 17.7 Å². The fourth-order valence-corrected chi connectivity index (χ4v) is 2.37. The molecule has 2 heteroatoms. The third kappa shape index (κ3) is 3.07. The molecule has 0 saturated heterocycles. The summed E-state index contributed by atoms with van der Waals surface area (Å²) in [6.07, 6.45) is 0. The number of aryl methyl sites for hydroxylation is 2. The number of nitrogens with one attached hydrogen (secondary N) is 1. The van der Waals surface area contributed by atoms with Crippen LogP contribution >= 0.6 is 0 Å². The van der Waals surface area contributed by atoms with Crippen LogP contribution in [0.25, 0.3) is 11.1 Å². The minimum Gasteiger partial charge on any atom is -0.310 e. The van der Waals surface area contributed by atoms with Gasteiger partial charge in [-0.25, -0.2) is 4.39 Å². The van der Waals surface area contributed by atoms with E-state index in [0.29, 0.717) is 5.56 Å². The lowest BCUT2D eigenvalue weighted by atomic mass is 9.97. The largest absolute Gasteiger partial charge is 0.310 e. The predicted octanol–water partition coefficient (Wildman–Crippen LogP) is 4.78. The standard InChI is InChI=1S/C18H22FN/c1-5-20-14(4)15-8-9-18(19)17(11-15)16-7-6-12(2)13(3)10-16/h6-11,14,20H,5H2,1-4H3. The SMILES string of the molecule is CCNC(C)c1ccc(F)c(-c2ccc(C)c(C)c2)c1. The smallest absolute Gasteiger partial charge is 0.131 e. The second kappa shape index (κ2) is 6.19. The zero-order valence-electron chi connectivity index (χ0n) is 12.6. The van der Waals surface area contributed by atoms with Gasteiger partial charge in [-0.15, -0.1) is 0 Å². The number of benzene rings is 2. The van der Waals surface area contributed by atoms with Crippen molar-refractivity contribution in [2.75, 3.05) is 6.54 Å². The van der Waals surface area contributed by atoms with Gasteiger partial charge in [0.2, 0.25) is 0 Å². The van der Waals surface area contributed by atoms with Gasteiger partial charge in [0.25, 0.3) is 0 Å². The van der Waals surface area contributed by atoms with Gasteiger partial charge in [-0.2, -0.15) is 0 Å². The molecule has 2 aromatic rings. The van der Waals surface area contributed by atoms with Gasteiger partial charge in [0, 0.05) is 11.6 Å². The van der Waals surface area contributed by atoms with Crippen molar-refractivity contribution in [3.8, 4) is 11.1 Å². The molecule has 0 bridgehead atoms. The van der Waals surface area contributed by atoms with Crippen molar-refractivity contribution in [1.29, 1.82) is 0 Å². The zero-order valence-corrected chi connectivity index (χ0v) is 12.6. The van der Waals surface area contributed by atoms with Crippen LogP contribution in [-0.4, -0.2) is 6.54 Å². The lowest BCUT2D eigenvalue weighted by Gasteiger charge is -2.15. The molecule has 0 aliphatic heterocycles. The van der Waals surface area contributed by atoms with Gasteiger partial charge < -0.3 is 5.32 Å². The van der Waals surface area contributed by atoms with Crippen LogP contribution in [0.1, 0.15) is 36.6 Å². The molecule has 1 unspecified atom stereocenters. The lowest BCUT2D eigenvalue weighted by molar-refractivity contribution is 0.593. The number of rotatable bonds is 4. The highest BCUT2D eigenvalue weighted by atomic mass is 19.1. The molecule has 0 heterocycles. The van der Waals surface area contributed by atoms with Crippen LogP contribution in [0.15, 0.2) is 36.4 Å². The molecule has 0 aliphatic rings. The van der Waals surface area contributed by atoms with Crippen molar-refractivity contribution in [2.24, 2.45) is 0 Å². The van der Waals surface area contributed by atoms with Crippen LogP contribution in [0, 0.1) is 19.7 Å². The lowest BCUT2D eigenvalue weighted by Crippen LogP contribution is -2.17. The second-order valence-electron chi connectivity index (χ2n) is 5.32. The van der Waals surface area contributed by atoms with Gasteiger partial charge in [-0.1, -0.05) is 31.2 Å². The van der Waals surface area contributed by atoms with E-state index in [1.165, 1.54) is 11.1 Å². The van der Waals surface area contributed by atoms with Crippen molar-refractivity contribution in [3.63, 3.8) is 0 Å². The molecule has 2 rings (SSSR count). The van der Waals surface area contributed by atoms with Crippen LogP contribution in [0.3, 0.4) is 0 Å². The van der Waals surface area contributed by atoms with E-state index in [2.05, 4.69) is 39.1 Å². The Bertz CT molecular complexity index is 604. The number of halogens is 1. The molecule has 0 saturated carbocycles. The van der Waals surface area contributed by atoms with Gasteiger partial charge in [-0.3, -0.25) is 0 Å². The van der Waals surface area contributed by atoms with Crippen LogP contribution in [0.5, 0.6) is 0 Å². The highest BCUT2D eigenvalue weighted by Gasteiger charge is 2.10. The third-order valence-corrected chi connectivity index (χ3v) is 3.82. The van der Waals surface area contributed by atoms with Crippen LogP contribution in [0.2, 0.25) is 0 Å². The van der Waals surface area contributed by atoms with Crippen LogP contribution in [0.4, 0.5) is 4.39 Å². The molecule has 0 aromatic heterocycles. The molecular weight excluding hydrogens is 249 g/mol. The summed E-state index contributed by atoms with van der Waals surface area (Å²) in [6, 6.07) is 11.7. The molecule has 0 aliphatic carbocycles. The highest BCUT2D eigenvalue weighted by Crippen LogP contribution is 2.27. The third-order valence-electron chi connectivity index (χ3n) is 3.82. The summed E-state index contributed by atoms with van der Waals surface area (Å²) in [5.41, 5.74) is 5.14. The molecule has 0 radical (unpaired) electrons. The number of hydrogen-bond acceptors (Lipinski definition) is 1. The van der Waals surface area contributed by atoms with Gasteiger partial charge in [0.15, 0.2) is 0 Å². The first-order valence-corrected chi connectivity index (χ1v) is 7.13. The summed E-state index contributed by atoms with van der Waals surface area (Å²) in [6.45, 7) is 9.20. The first kappa shape index (κ1) is 14.7. The van der Waals surface area contributed by atoms with E-state index in [1.807, 2.05) is 24.3 Å². The van der Waals surface area contributed by atoms with Crippen molar-refractivity contribution < 1.29 is 4.39 Å². The first-order chi connectivity index (χ1) is 9.52. The van der Waals surface area contributed by atoms with Crippen LogP contribution < -0.4 is 5.32 Å². The molecule has 0 amide bonds. The molecule has 106 valence electrons. The molecule has 1 nitrogen and oxygen atoms in total. The van der Waals surface area contributed by atoms with Gasteiger partial charge >= 0.3 is 0 Å². The van der Waals surface area contributed by atoms with Gasteiger partial charge in [0.1, 0.15) is 5.82 Å². The zero-order chi connectivity index (χ0) is 14.7. The summed E-state index contributed by atoms with van der Waals surface area (Å²) in [5, 5.41) is 3.36. The quantitative estimate of drug-likeness (QED) is 0.843. The first-order valence-electron chi connectivity index (χ1n) is 7.13. The Morgan fingerprint density at radius 2 is 1.80 bits per heavy atom. The Kier molecular flexibility index (Phi) is 4.56. The Balaban J connectivity index is 2.44. The molecule has 1 atom stereocenters. The summed E-state index contributed by atoms with van der Waals surface area (Å²) in [4.78, 5) is 0. The van der Waals surface area contributed by atoms with Crippen LogP contribution in [-0.2, 0) is 0 Å². The maximum absolute atomic E-state index is 14.1. The van der Waals surface area contributed by atoms with Crippen molar-refractivity contribution >= 4 is 0 Å². The Morgan fingerprint density at radius 1 is 1.05 bits per heavy atom.